The van der Waals surface area contributed by atoms with Crippen molar-refractivity contribution in [3.05, 3.63) is 17.4 Å². The second kappa shape index (κ2) is 7.47. The molecule has 1 aromatic carbocycles. The van der Waals surface area contributed by atoms with Crippen molar-refractivity contribution in [3.8, 4) is 0 Å². The summed E-state index contributed by atoms with van der Waals surface area (Å²) in [7, 11) is 0. The molecule has 2 aliphatic heterocycles. The molecule has 0 spiro atoms. The van der Waals surface area contributed by atoms with Crippen LogP contribution in [-0.4, -0.2) is 53.9 Å². The Bertz CT molecular complexity index is 926. The number of fused-ring (bicyclic) bond motifs is 2. The maximum Gasteiger partial charge on any atom is 0.206 e. The normalized spacial score (nSPS) is 30.0. The van der Waals surface area contributed by atoms with Crippen molar-refractivity contribution in [3.63, 3.8) is 0 Å². The zero-order valence-electron chi connectivity index (χ0n) is 16.8. The average molecular weight is 420 g/mol. The number of nitrogens with zero attached hydrogens (tertiary/aromatic N) is 3. The van der Waals surface area contributed by atoms with Crippen LogP contribution in [0, 0.1) is 5.82 Å². The van der Waals surface area contributed by atoms with Crippen LogP contribution in [0.25, 0.3) is 11.0 Å². The second-order valence-corrected chi connectivity index (χ2v) is 9.64. The van der Waals surface area contributed by atoms with E-state index < -0.39 is 5.82 Å². The van der Waals surface area contributed by atoms with Crippen LogP contribution < -0.4 is 9.80 Å². The number of benzene rings is 1. The molecule has 8 heteroatoms. The van der Waals surface area contributed by atoms with Crippen LogP contribution >= 0.6 is 11.8 Å². The van der Waals surface area contributed by atoms with Gasteiger partial charge in [0, 0.05) is 29.9 Å². The Labute approximate surface area is 173 Å². The SMILES string of the molecule is C[C@@H]1CN(c2c(C=O)cc3c(N4CS[C@@H]5CCCC[C@@H]54)noc3c2F)C[C@@H](C)O1. The van der Waals surface area contributed by atoms with Gasteiger partial charge in [-0.2, -0.15) is 0 Å². The molecule has 4 atom stereocenters. The van der Waals surface area contributed by atoms with E-state index in [1.165, 1.54) is 19.3 Å². The van der Waals surface area contributed by atoms with Crippen molar-refractivity contribution in [1.29, 1.82) is 0 Å². The van der Waals surface area contributed by atoms with Gasteiger partial charge in [0.25, 0.3) is 0 Å². The van der Waals surface area contributed by atoms with Crippen LogP contribution in [0.4, 0.5) is 15.9 Å². The summed E-state index contributed by atoms with van der Waals surface area (Å²) in [6.45, 7) is 4.97. The molecule has 5 rings (SSSR count). The largest absolute Gasteiger partial charge is 0.372 e. The van der Waals surface area contributed by atoms with Gasteiger partial charge in [-0.3, -0.25) is 4.79 Å². The molecule has 3 fully saturated rings. The van der Waals surface area contributed by atoms with Gasteiger partial charge >= 0.3 is 0 Å². The highest BCUT2D eigenvalue weighted by atomic mass is 32.2. The zero-order valence-corrected chi connectivity index (χ0v) is 17.6. The highest BCUT2D eigenvalue weighted by Crippen LogP contribution is 2.44. The van der Waals surface area contributed by atoms with E-state index in [4.69, 9.17) is 9.26 Å². The van der Waals surface area contributed by atoms with E-state index in [9.17, 15) is 4.79 Å². The van der Waals surface area contributed by atoms with Crippen molar-refractivity contribution < 1.29 is 18.4 Å². The molecule has 156 valence electrons. The smallest absolute Gasteiger partial charge is 0.206 e. The average Bonchev–Trinajstić information content (AvgIpc) is 3.30. The number of hydrogen-bond acceptors (Lipinski definition) is 7. The van der Waals surface area contributed by atoms with E-state index in [-0.39, 0.29) is 17.8 Å². The molecule has 0 bridgehead atoms. The van der Waals surface area contributed by atoms with Gasteiger partial charge in [-0.15, -0.1) is 11.8 Å². The number of rotatable bonds is 3. The Morgan fingerprint density at radius 1 is 1.24 bits per heavy atom. The second-order valence-electron chi connectivity index (χ2n) is 8.45. The first kappa shape index (κ1) is 19.2. The molecule has 1 aliphatic carbocycles. The highest BCUT2D eigenvalue weighted by molar-refractivity contribution is 8.00. The molecule has 3 aliphatic rings. The molecule has 0 N–H and O–H groups in total. The van der Waals surface area contributed by atoms with E-state index in [2.05, 4.69) is 10.1 Å². The Kier molecular flexibility index (Phi) is 4.94. The molecule has 6 nitrogen and oxygen atoms in total. The van der Waals surface area contributed by atoms with Gasteiger partial charge in [0.05, 0.1) is 29.2 Å². The predicted octanol–water partition coefficient (Wildman–Crippen LogP) is 4.21. The number of morpholine rings is 1. The Morgan fingerprint density at radius 3 is 2.76 bits per heavy atom. The lowest BCUT2D eigenvalue weighted by Crippen LogP contribution is -2.46. The monoisotopic (exact) mass is 419 g/mol. The summed E-state index contributed by atoms with van der Waals surface area (Å²) in [4.78, 5) is 16.1. The van der Waals surface area contributed by atoms with Crippen molar-refractivity contribution >= 4 is 40.5 Å². The summed E-state index contributed by atoms with van der Waals surface area (Å²) in [5, 5.41) is 5.45. The number of carbonyl (C=O) groups excluding carboxylic acids is 1. The van der Waals surface area contributed by atoms with E-state index in [1.54, 1.807) is 6.07 Å². The predicted molar refractivity (Wildman–Crippen MR) is 113 cm³/mol. The first-order valence-corrected chi connectivity index (χ1v) is 11.5. The summed E-state index contributed by atoms with van der Waals surface area (Å²) in [5.41, 5.74) is 0.771. The number of anilines is 2. The number of hydrogen-bond donors (Lipinski definition) is 0. The van der Waals surface area contributed by atoms with E-state index >= 15 is 4.39 Å². The Morgan fingerprint density at radius 2 is 2.00 bits per heavy atom. The van der Waals surface area contributed by atoms with Gasteiger partial charge in [-0.05, 0) is 32.8 Å². The molecule has 2 aromatic rings. The maximum absolute atomic E-state index is 15.6. The highest BCUT2D eigenvalue weighted by Gasteiger charge is 2.39. The van der Waals surface area contributed by atoms with Gasteiger partial charge in [0.2, 0.25) is 5.58 Å². The molecular formula is C21H26FN3O3S. The lowest BCUT2D eigenvalue weighted by molar-refractivity contribution is -0.00543. The standard InChI is InChI=1S/C21H26FN3O3S/c1-12-8-24(9-13(2)27-12)19-14(10-26)7-15-20(18(19)22)28-23-21(15)25-11-29-17-6-4-3-5-16(17)25/h7,10,12-13,16-17H,3-6,8-9,11H2,1-2H3/t12-,13-,16+,17-/m1/s1. The van der Waals surface area contributed by atoms with Crippen LogP contribution in [0.3, 0.4) is 0 Å². The fraction of sp³-hybridized carbons (Fsp3) is 0.619. The Hall–Kier alpha value is -1.80. The van der Waals surface area contributed by atoms with Gasteiger partial charge in [-0.1, -0.05) is 18.0 Å². The first-order chi connectivity index (χ1) is 14.1. The van der Waals surface area contributed by atoms with Crippen molar-refractivity contribution in [2.75, 3.05) is 28.8 Å². The number of halogens is 1. The summed E-state index contributed by atoms with van der Waals surface area (Å²) >= 11 is 1.94. The summed E-state index contributed by atoms with van der Waals surface area (Å²) in [6, 6.07) is 2.16. The van der Waals surface area contributed by atoms with E-state index in [0.717, 1.165) is 18.6 Å². The third-order valence-corrected chi connectivity index (χ3v) is 7.73. The lowest BCUT2D eigenvalue weighted by Gasteiger charge is -2.37. The zero-order chi connectivity index (χ0) is 20.1. The topological polar surface area (TPSA) is 58.8 Å². The fourth-order valence-corrected chi connectivity index (χ4v) is 6.64. The third kappa shape index (κ3) is 3.20. The van der Waals surface area contributed by atoms with E-state index in [1.807, 2.05) is 30.5 Å². The minimum Gasteiger partial charge on any atom is -0.372 e. The number of thioether (sulfide) groups is 1. The van der Waals surface area contributed by atoms with Gasteiger partial charge < -0.3 is 19.1 Å². The lowest BCUT2D eigenvalue weighted by atomic mass is 9.94. The minimum atomic E-state index is -0.503. The number of carbonyl (C=O) groups is 1. The number of aromatic nitrogens is 1. The first-order valence-electron chi connectivity index (χ1n) is 10.4. The molecule has 0 amide bonds. The number of ether oxygens (including phenoxy) is 1. The number of aldehydes is 1. The van der Waals surface area contributed by atoms with Crippen LogP contribution in [0.5, 0.6) is 0 Å². The molecule has 1 aromatic heterocycles. The van der Waals surface area contributed by atoms with Crippen LogP contribution in [0.1, 0.15) is 49.9 Å². The van der Waals surface area contributed by atoms with Crippen molar-refractivity contribution in [2.24, 2.45) is 0 Å². The third-order valence-electron chi connectivity index (χ3n) is 6.32. The van der Waals surface area contributed by atoms with Crippen LogP contribution in [-0.2, 0) is 4.74 Å². The van der Waals surface area contributed by atoms with E-state index in [0.29, 0.717) is 46.8 Å². The summed E-state index contributed by atoms with van der Waals surface area (Å²) in [5.74, 6) is 0.991. The summed E-state index contributed by atoms with van der Waals surface area (Å²) < 4.78 is 26.9. The quantitative estimate of drug-likeness (QED) is 0.691. The van der Waals surface area contributed by atoms with Crippen molar-refractivity contribution in [2.45, 2.75) is 63.0 Å². The van der Waals surface area contributed by atoms with Crippen LogP contribution in [0.2, 0.25) is 0 Å². The van der Waals surface area contributed by atoms with Crippen LogP contribution in [0.15, 0.2) is 10.6 Å². The molecule has 2 saturated heterocycles. The fourth-order valence-electron chi connectivity index (χ4n) is 5.13. The van der Waals surface area contributed by atoms with Gasteiger partial charge in [-0.25, -0.2) is 4.39 Å². The molecule has 0 radical (unpaired) electrons. The van der Waals surface area contributed by atoms with Crippen molar-refractivity contribution in [1.82, 2.24) is 5.16 Å². The van der Waals surface area contributed by atoms with Gasteiger partial charge in [0.15, 0.2) is 17.9 Å². The Balaban J connectivity index is 1.57. The maximum atomic E-state index is 15.6. The molecule has 29 heavy (non-hydrogen) atoms. The van der Waals surface area contributed by atoms with Gasteiger partial charge in [0.1, 0.15) is 0 Å². The molecule has 0 unspecified atom stereocenters. The minimum absolute atomic E-state index is 0.0384. The molecule has 3 heterocycles. The molecular weight excluding hydrogens is 393 g/mol. The summed E-state index contributed by atoms with van der Waals surface area (Å²) in [6.07, 6.45) is 5.47. The molecule has 1 saturated carbocycles.